The minimum atomic E-state index is 0.0404. The van der Waals surface area contributed by atoms with Crippen LogP contribution in [-0.2, 0) is 0 Å². The van der Waals surface area contributed by atoms with Crippen molar-refractivity contribution in [2.24, 2.45) is 29.4 Å². The van der Waals surface area contributed by atoms with E-state index in [2.05, 4.69) is 34.6 Å². The summed E-state index contributed by atoms with van der Waals surface area (Å²) in [6, 6.07) is 0. The van der Waals surface area contributed by atoms with E-state index in [9.17, 15) is 0 Å². The minimum absolute atomic E-state index is 0.0404. The third-order valence-corrected chi connectivity index (χ3v) is 5.78. The summed E-state index contributed by atoms with van der Waals surface area (Å²) in [6.45, 7) is 11.8. The Hall–Kier alpha value is -0.0400. The fraction of sp³-hybridized carbons (Fsp3) is 1.00. The molecule has 0 saturated heterocycles. The first-order valence-electron chi connectivity index (χ1n) is 8.67. The Kier molecular flexibility index (Phi) is 6.86. The molecule has 0 aromatic carbocycles. The van der Waals surface area contributed by atoms with Crippen molar-refractivity contribution in [3.8, 4) is 0 Å². The van der Waals surface area contributed by atoms with Gasteiger partial charge in [-0.25, -0.2) is 0 Å². The first kappa shape index (κ1) is 17.0. The molecule has 0 amide bonds. The number of rotatable bonds is 4. The molecular formula is C18H37N. The van der Waals surface area contributed by atoms with Gasteiger partial charge in [0, 0.05) is 5.54 Å². The van der Waals surface area contributed by atoms with Crippen LogP contribution in [0.1, 0.15) is 86.0 Å². The topological polar surface area (TPSA) is 26.0 Å². The summed E-state index contributed by atoms with van der Waals surface area (Å²) in [5, 5.41) is 0. The van der Waals surface area contributed by atoms with E-state index >= 15 is 0 Å². The molecule has 1 aliphatic carbocycles. The van der Waals surface area contributed by atoms with E-state index in [1.54, 1.807) is 0 Å². The van der Waals surface area contributed by atoms with Gasteiger partial charge in [-0.1, -0.05) is 59.8 Å². The molecule has 0 aromatic rings. The summed E-state index contributed by atoms with van der Waals surface area (Å²) in [5.74, 6) is 3.29. The predicted molar refractivity (Wildman–Crippen MR) is 86.2 cm³/mol. The molecule has 0 spiro atoms. The van der Waals surface area contributed by atoms with E-state index in [-0.39, 0.29) is 5.54 Å². The summed E-state index contributed by atoms with van der Waals surface area (Å²) in [7, 11) is 0. The van der Waals surface area contributed by atoms with Gasteiger partial charge in [0.2, 0.25) is 0 Å². The molecule has 0 aromatic heterocycles. The lowest BCUT2D eigenvalue weighted by Crippen LogP contribution is -2.45. The highest BCUT2D eigenvalue weighted by Gasteiger charge is 2.32. The van der Waals surface area contributed by atoms with Gasteiger partial charge in [0.15, 0.2) is 0 Å². The molecule has 114 valence electrons. The first-order chi connectivity index (χ1) is 8.89. The van der Waals surface area contributed by atoms with Gasteiger partial charge in [0.25, 0.3) is 0 Å². The Morgan fingerprint density at radius 1 is 1.21 bits per heavy atom. The zero-order valence-electron chi connectivity index (χ0n) is 14.0. The van der Waals surface area contributed by atoms with Crippen LogP contribution in [-0.4, -0.2) is 5.54 Å². The number of nitrogens with two attached hydrogens (primary N) is 1. The van der Waals surface area contributed by atoms with Crippen molar-refractivity contribution < 1.29 is 0 Å². The molecule has 19 heavy (non-hydrogen) atoms. The third-order valence-electron chi connectivity index (χ3n) is 5.78. The van der Waals surface area contributed by atoms with E-state index in [4.69, 9.17) is 5.73 Å². The van der Waals surface area contributed by atoms with E-state index in [0.29, 0.717) is 5.92 Å². The maximum Gasteiger partial charge on any atom is 0.0154 e. The average Bonchev–Trinajstić information content (AvgIpc) is 2.40. The van der Waals surface area contributed by atoms with Crippen LogP contribution in [0.15, 0.2) is 0 Å². The molecule has 0 heterocycles. The molecule has 0 bridgehead atoms. The van der Waals surface area contributed by atoms with Gasteiger partial charge in [-0.05, 0) is 49.9 Å². The lowest BCUT2D eigenvalue weighted by atomic mass is 9.75. The number of hydrogen-bond donors (Lipinski definition) is 1. The Morgan fingerprint density at radius 3 is 2.42 bits per heavy atom. The molecule has 2 N–H and O–H groups in total. The van der Waals surface area contributed by atoms with Crippen LogP contribution >= 0.6 is 0 Å². The van der Waals surface area contributed by atoms with Crippen molar-refractivity contribution in [3.63, 3.8) is 0 Å². The largest absolute Gasteiger partial charge is 0.325 e. The second-order valence-corrected chi connectivity index (χ2v) is 7.67. The SMILES string of the molecule is CCC(C)CC1CCCC(CC)C[C@](C)(N)C(C)C1. The standard InChI is InChI=1S/C18H37N/c1-6-14(3)11-17-10-8-9-16(7-2)13-18(5,19)15(4)12-17/h14-17H,6-13,19H2,1-5H3/t14?,15?,16?,17?,18-/m0/s1. The molecule has 5 atom stereocenters. The molecule has 1 saturated carbocycles. The normalized spacial score (nSPS) is 39.2. The van der Waals surface area contributed by atoms with E-state index in [0.717, 1.165) is 17.8 Å². The maximum atomic E-state index is 6.65. The van der Waals surface area contributed by atoms with Crippen LogP contribution in [0.2, 0.25) is 0 Å². The Bertz CT molecular complexity index is 246. The van der Waals surface area contributed by atoms with Crippen molar-refractivity contribution >= 4 is 0 Å². The fourth-order valence-corrected chi connectivity index (χ4v) is 3.81. The summed E-state index contributed by atoms with van der Waals surface area (Å²) < 4.78 is 0. The van der Waals surface area contributed by atoms with Crippen LogP contribution in [0.4, 0.5) is 0 Å². The van der Waals surface area contributed by atoms with Crippen LogP contribution in [0, 0.1) is 23.7 Å². The molecule has 1 aliphatic rings. The highest BCUT2D eigenvalue weighted by molar-refractivity contribution is 4.89. The lowest BCUT2D eigenvalue weighted by molar-refractivity contribution is 0.210. The molecule has 0 radical (unpaired) electrons. The van der Waals surface area contributed by atoms with Crippen LogP contribution in [0.5, 0.6) is 0 Å². The lowest BCUT2D eigenvalue weighted by Gasteiger charge is -2.35. The predicted octanol–water partition coefficient (Wildman–Crippen LogP) is 5.38. The van der Waals surface area contributed by atoms with Crippen molar-refractivity contribution in [2.45, 2.75) is 91.5 Å². The van der Waals surface area contributed by atoms with Crippen LogP contribution in [0.3, 0.4) is 0 Å². The second kappa shape index (κ2) is 7.67. The van der Waals surface area contributed by atoms with Crippen molar-refractivity contribution in [1.29, 1.82) is 0 Å². The molecule has 1 heteroatoms. The third kappa shape index (κ3) is 5.45. The average molecular weight is 268 g/mol. The Labute approximate surface area is 121 Å². The van der Waals surface area contributed by atoms with Crippen LogP contribution < -0.4 is 5.73 Å². The van der Waals surface area contributed by atoms with Gasteiger partial charge in [0.1, 0.15) is 0 Å². The zero-order valence-corrected chi connectivity index (χ0v) is 14.0. The fourth-order valence-electron chi connectivity index (χ4n) is 3.81. The van der Waals surface area contributed by atoms with Gasteiger partial charge in [-0.3, -0.25) is 0 Å². The minimum Gasteiger partial charge on any atom is -0.325 e. The molecule has 1 rings (SSSR count). The Balaban J connectivity index is 2.69. The van der Waals surface area contributed by atoms with Gasteiger partial charge in [-0.15, -0.1) is 0 Å². The van der Waals surface area contributed by atoms with E-state index < -0.39 is 0 Å². The smallest absolute Gasteiger partial charge is 0.0154 e. The molecule has 1 fully saturated rings. The van der Waals surface area contributed by atoms with Gasteiger partial charge >= 0.3 is 0 Å². The molecular weight excluding hydrogens is 230 g/mol. The summed E-state index contributed by atoms with van der Waals surface area (Å²) in [5.41, 5.74) is 6.69. The second-order valence-electron chi connectivity index (χ2n) is 7.67. The van der Waals surface area contributed by atoms with Crippen molar-refractivity contribution in [3.05, 3.63) is 0 Å². The number of hydrogen-bond acceptors (Lipinski definition) is 1. The summed E-state index contributed by atoms with van der Waals surface area (Å²) in [4.78, 5) is 0. The molecule has 0 aliphatic heterocycles. The van der Waals surface area contributed by atoms with Crippen molar-refractivity contribution in [2.75, 3.05) is 0 Å². The van der Waals surface area contributed by atoms with Gasteiger partial charge < -0.3 is 5.73 Å². The monoisotopic (exact) mass is 267 g/mol. The highest BCUT2D eigenvalue weighted by Crippen LogP contribution is 2.37. The van der Waals surface area contributed by atoms with E-state index in [1.807, 2.05) is 0 Å². The summed E-state index contributed by atoms with van der Waals surface area (Å²) >= 11 is 0. The molecule has 1 nitrogen and oxygen atoms in total. The quantitative estimate of drug-likeness (QED) is 0.727. The van der Waals surface area contributed by atoms with Crippen molar-refractivity contribution in [1.82, 2.24) is 0 Å². The first-order valence-corrected chi connectivity index (χ1v) is 8.67. The van der Waals surface area contributed by atoms with Gasteiger partial charge in [0.05, 0.1) is 0 Å². The summed E-state index contributed by atoms with van der Waals surface area (Å²) in [6.07, 6.45) is 10.8. The molecule has 4 unspecified atom stereocenters. The zero-order chi connectivity index (χ0) is 14.5. The Morgan fingerprint density at radius 2 is 1.84 bits per heavy atom. The van der Waals surface area contributed by atoms with Crippen LogP contribution in [0.25, 0.3) is 0 Å². The highest BCUT2D eigenvalue weighted by atomic mass is 14.7. The van der Waals surface area contributed by atoms with E-state index in [1.165, 1.54) is 51.4 Å². The maximum absolute atomic E-state index is 6.65. The van der Waals surface area contributed by atoms with Gasteiger partial charge in [-0.2, -0.15) is 0 Å².